The van der Waals surface area contributed by atoms with Gasteiger partial charge in [-0.2, -0.15) is 0 Å². The largest absolute Gasteiger partial charge is 0.248 e. The maximum absolute atomic E-state index is 13.7. The van der Waals surface area contributed by atoms with Gasteiger partial charge in [0, 0.05) is 12.8 Å². The first kappa shape index (κ1) is 22.9. The van der Waals surface area contributed by atoms with Crippen molar-refractivity contribution >= 4 is 0 Å². The van der Waals surface area contributed by atoms with Gasteiger partial charge < -0.3 is 0 Å². The Kier molecular flexibility index (Phi) is 10.6. The topological polar surface area (TPSA) is 0 Å². The van der Waals surface area contributed by atoms with E-state index >= 15 is 0 Å². The molecular weight excluding hydrogens is 290 g/mol. The lowest BCUT2D eigenvalue weighted by Crippen LogP contribution is -2.25. The van der Waals surface area contributed by atoms with E-state index in [4.69, 9.17) is 0 Å². The predicted octanol–water partition coefficient (Wildman–Crippen LogP) is 8.11. The summed E-state index contributed by atoms with van der Waals surface area (Å²) in [5.74, 6) is -0.603. The molecule has 0 amide bonds. The lowest BCUT2D eigenvalue weighted by Gasteiger charge is -2.34. The molecule has 0 aliphatic rings. The van der Waals surface area contributed by atoms with Gasteiger partial charge in [-0.25, -0.2) is 8.78 Å². The molecule has 2 heteroatoms. The Hall–Kier alpha value is -0.140. The molecule has 0 fully saturated rings. The van der Waals surface area contributed by atoms with Gasteiger partial charge in [-0.3, -0.25) is 0 Å². The maximum atomic E-state index is 13.7. The molecule has 0 bridgehead atoms. The maximum Gasteiger partial charge on any atom is 0.248 e. The molecule has 1 unspecified atom stereocenters. The summed E-state index contributed by atoms with van der Waals surface area (Å²) in [5.41, 5.74) is 0.368. The van der Waals surface area contributed by atoms with Crippen molar-refractivity contribution in [2.45, 2.75) is 112 Å². The smallest absolute Gasteiger partial charge is 0.207 e. The summed E-state index contributed by atoms with van der Waals surface area (Å²) in [6.45, 7) is 15.6. The molecule has 0 rings (SSSR count). The Morgan fingerprint density at radius 2 is 1.22 bits per heavy atom. The fraction of sp³-hybridized carbons (Fsp3) is 1.00. The Bertz CT molecular complexity index is 287. The monoisotopic (exact) mass is 332 g/mol. The second-order valence-electron chi connectivity index (χ2n) is 9.31. The van der Waals surface area contributed by atoms with Crippen LogP contribution in [-0.4, -0.2) is 5.92 Å². The second kappa shape index (κ2) is 10.7. The molecule has 0 radical (unpaired) electrons. The van der Waals surface area contributed by atoms with Crippen LogP contribution in [0.5, 0.6) is 0 Å². The highest BCUT2D eigenvalue weighted by Crippen LogP contribution is 2.36. The number of hydrogen-bond acceptors (Lipinski definition) is 0. The molecule has 0 heterocycles. The zero-order chi connectivity index (χ0) is 18.1. The number of halogens is 2. The van der Waals surface area contributed by atoms with Crippen LogP contribution in [0.2, 0.25) is 0 Å². The predicted molar refractivity (Wildman–Crippen MR) is 99.1 cm³/mol. The van der Waals surface area contributed by atoms with Crippen molar-refractivity contribution in [1.82, 2.24) is 0 Å². The Morgan fingerprint density at radius 1 is 0.696 bits per heavy atom. The van der Waals surface area contributed by atoms with Crippen molar-refractivity contribution in [2.24, 2.45) is 23.2 Å². The van der Waals surface area contributed by atoms with E-state index in [2.05, 4.69) is 34.6 Å². The Morgan fingerprint density at radius 3 is 1.70 bits per heavy atom. The third-order valence-corrected chi connectivity index (χ3v) is 5.06. The van der Waals surface area contributed by atoms with Crippen LogP contribution in [-0.2, 0) is 0 Å². The van der Waals surface area contributed by atoms with Crippen molar-refractivity contribution < 1.29 is 8.78 Å². The van der Waals surface area contributed by atoms with Crippen molar-refractivity contribution in [2.75, 3.05) is 0 Å². The van der Waals surface area contributed by atoms with Gasteiger partial charge in [0.2, 0.25) is 5.92 Å². The molecular formula is C21H42F2. The fourth-order valence-electron chi connectivity index (χ4n) is 3.67. The molecule has 0 aromatic carbocycles. The van der Waals surface area contributed by atoms with Gasteiger partial charge in [0.25, 0.3) is 0 Å². The Labute approximate surface area is 144 Å². The summed E-state index contributed by atoms with van der Waals surface area (Å²) in [4.78, 5) is 0. The van der Waals surface area contributed by atoms with Crippen LogP contribution in [0.1, 0.15) is 106 Å². The number of rotatable bonds is 12. The Balaban J connectivity index is 3.77. The van der Waals surface area contributed by atoms with Crippen molar-refractivity contribution in [3.05, 3.63) is 0 Å². The molecule has 140 valence electrons. The standard InChI is InChI=1S/C21H42F2/c1-17(2)14-16-21(22,23)15-12-10-8-9-11-13-19(18(3)4)20(5,6)7/h17-19H,8-16H2,1-7H3. The minimum absolute atomic E-state index is 0.0618. The molecule has 0 aromatic heterocycles. The summed E-state index contributed by atoms with van der Waals surface area (Å²) in [6.07, 6.45) is 7.22. The first-order chi connectivity index (χ1) is 10.5. The number of alkyl halides is 2. The van der Waals surface area contributed by atoms with E-state index < -0.39 is 5.92 Å². The van der Waals surface area contributed by atoms with Crippen LogP contribution in [0.4, 0.5) is 8.78 Å². The molecule has 0 aliphatic carbocycles. The van der Waals surface area contributed by atoms with Crippen LogP contribution in [0, 0.1) is 23.2 Å². The van der Waals surface area contributed by atoms with Crippen LogP contribution in [0.3, 0.4) is 0 Å². The van der Waals surface area contributed by atoms with Gasteiger partial charge in [0.1, 0.15) is 0 Å². The summed E-state index contributed by atoms with van der Waals surface area (Å²) in [7, 11) is 0. The SMILES string of the molecule is CC(C)CCC(F)(F)CCCCCCCC(C(C)C)C(C)(C)C. The van der Waals surface area contributed by atoms with E-state index in [-0.39, 0.29) is 12.8 Å². The summed E-state index contributed by atoms with van der Waals surface area (Å²) in [6, 6.07) is 0. The van der Waals surface area contributed by atoms with Crippen molar-refractivity contribution in [3.8, 4) is 0 Å². The van der Waals surface area contributed by atoms with E-state index in [1.807, 2.05) is 13.8 Å². The van der Waals surface area contributed by atoms with Gasteiger partial charge in [-0.1, -0.05) is 74.1 Å². The van der Waals surface area contributed by atoms with Crippen LogP contribution >= 0.6 is 0 Å². The van der Waals surface area contributed by atoms with Crippen molar-refractivity contribution in [1.29, 1.82) is 0 Å². The average Bonchev–Trinajstić information content (AvgIpc) is 2.37. The minimum Gasteiger partial charge on any atom is -0.207 e. The molecule has 0 saturated carbocycles. The van der Waals surface area contributed by atoms with Crippen molar-refractivity contribution in [3.63, 3.8) is 0 Å². The van der Waals surface area contributed by atoms with Gasteiger partial charge in [0.15, 0.2) is 0 Å². The third-order valence-electron chi connectivity index (χ3n) is 5.06. The van der Waals surface area contributed by atoms with Crippen LogP contribution in [0.25, 0.3) is 0 Å². The average molecular weight is 333 g/mol. The molecule has 0 saturated heterocycles. The molecule has 1 atom stereocenters. The fourth-order valence-corrected chi connectivity index (χ4v) is 3.67. The van der Waals surface area contributed by atoms with E-state index in [0.29, 0.717) is 24.2 Å². The first-order valence-corrected chi connectivity index (χ1v) is 9.83. The summed E-state index contributed by atoms with van der Waals surface area (Å²) < 4.78 is 27.4. The molecule has 0 nitrogen and oxygen atoms in total. The molecule has 0 aromatic rings. The summed E-state index contributed by atoms with van der Waals surface area (Å²) >= 11 is 0. The van der Waals surface area contributed by atoms with E-state index in [1.165, 1.54) is 19.3 Å². The highest BCUT2D eigenvalue weighted by Gasteiger charge is 2.28. The van der Waals surface area contributed by atoms with E-state index in [1.54, 1.807) is 0 Å². The van der Waals surface area contributed by atoms with Gasteiger partial charge in [-0.05, 0) is 42.4 Å². The van der Waals surface area contributed by atoms with E-state index in [9.17, 15) is 8.78 Å². The van der Waals surface area contributed by atoms with Gasteiger partial charge in [-0.15, -0.1) is 0 Å². The number of hydrogen-bond donors (Lipinski definition) is 0. The molecule has 0 aliphatic heterocycles. The van der Waals surface area contributed by atoms with Gasteiger partial charge >= 0.3 is 0 Å². The minimum atomic E-state index is -2.45. The van der Waals surface area contributed by atoms with E-state index in [0.717, 1.165) is 24.7 Å². The quantitative estimate of drug-likeness (QED) is 0.317. The van der Waals surface area contributed by atoms with Crippen LogP contribution < -0.4 is 0 Å². The zero-order valence-corrected chi connectivity index (χ0v) is 16.9. The lowest BCUT2D eigenvalue weighted by molar-refractivity contribution is -0.0228. The molecule has 0 spiro atoms. The first-order valence-electron chi connectivity index (χ1n) is 9.83. The third kappa shape index (κ3) is 12.0. The molecule has 23 heavy (non-hydrogen) atoms. The number of unbranched alkanes of at least 4 members (excludes halogenated alkanes) is 4. The molecule has 0 N–H and O–H groups in total. The highest BCUT2D eigenvalue weighted by atomic mass is 19.3. The zero-order valence-electron chi connectivity index (χ0n) is 16.9. The second-order valence-corrected chi connectivity index (χ2v) is 9.31. The normalized spacial score (nSPS) is 14.7. The lowest BCUT2D eigenvalue weighted by atomic mass is 9.72. The summed E-state index contributed by atoms with van der Waals surface area (Å²) in [5, 5.41) is 0. The van der Waals surface area contributed by atoms with Crippen LogP contribution in [0.15, 0.2) is 0 Å². The highest BCUT2D eigenvalue weighted by molar-refractivity contribution is 4.76. The van der Waals surface area contributed by atoms with Gasteiger partial charge in [0.05, 0.1) is 0 Å².